The van der Waals surface area contributed by atoms with Gasteiger partial charge in [-0.1, -0.05) is 26.1 Å². The van der Waals surface area contributed by atoms with Crippen LogP contribution in [0.5, 0.6) is 0 Å². The predicted molar refractivity (Wildman–Crippen MR) is 90.2 cm³/mol. The van der Waals surface area contributed by atoms with E-state index in [1.807, 2.05) is 12.1 Å². The molecule has 0 aromatic carbocycles. The maximum Gasteiger partial charge on any atom is 0.126 e. The highest BCUT2D eigenvalue weighted by Crippen LogP contribution is 2.09. The molecule has 0 saturated carbocycles. The Morgan fingerprint density at radius 3 is 2.60 bits per heavy atom. The summed E-state index contributed by atoms with van der Waals surface area (Å²) < 4.78 is 0. The monoisotopic (exact) mass is 294 g/mol. The first-order valence-electron chi connectivity index (χ1n) is 7.31. The summed E-state index contributed by atoms with van der Waals surface area (Å²) in [5, 5.41) is 3.40. The third-order valence-electron chi connectivity index (χ3n) is 3.45. The smallest absolute Gasteiger partial charge is 0.126 e. The predicted octanol–water partition coefficient (Wildman–Crippen LogP) is 2.64. The molecule has 0 fully saturated rings. The Bertz CT molecular complexity index is 401. The molecule has 1 rings (SSSR count). The summed E-state index contributed by atoms with van der Waals surface area (Å²) in [4.78, 5) is 7.16. The lowest BCUT2D eigenvalue weighted by Crippen LogP contribution is -2.25. The van der Waals surface area contributed by atoms with Gasteiger partial charge in [-0.3, -0.25) is 0 Å². The SMILES string of the molecule is CCN(CC)CCCC(C)Nc1ccc(C(N)=S)cn1. The Kier molecular flexibility index (Phi) is 7.47. The highest BCUT2D eigenvalue weighted by atomic mass is 32.1. The summed E-state index contributed by atoms with van der Waals surface area (Å²) >= 11 is 4.91. The summed E-state index contributed by atoms with van der Waals surface area (Å²) in [6, 6.07) is 4.24. The summed E-state index contributed by atoms with van der Waals surface area (Å²) in [5.41, 5.74) is 6.36. The lowest BCUT2D eigenvalue weighted by Gasteiger charge is -2.20. The van der Waals surface area contributed by atoms with Crippen LogP contribution in [-0.4, -0.2) is 40.5 Å². The Morgan fingerprint density at radius 2 is 2.10 bits per heavy atom. The molecule has 0 radical (unpaired) electrons. The van der Waals surface area contributed by atoms with E-state index >= 15 is 0 Å². The van der Waals surface area contributed by atoms with Gasteiger partial charge in [-0.05, 0) is 51.5 Å². The van der Waals surface area contributed by atoms with Crippen LogP contribution in [0.4, 0.5) is 5.82 Å². The third kappa shape index (κ3) is 5.84. The van der Waals surface area contributed by atoms with Gasteiger partial charge < -0.3 is 16.0 Å². The summed E-state index contributed by atoms with van der Waals surface area (Å²) in [7, 11) is 0. The molecule has 0 aliphatic rings. The zero-order chi connectivity index (χ0) is 15.0. The van der Waals surface area contributed by atoms with E-state index in [9.17, 15) is 0 Å². The molecule has 1 unspecified atom stereocenters. The van der Waals surface area contributed by atoms with E-state index < -0.39 is 0 Å². The van der Waals surface area contributed by atoms with E-state index in [1.54, 1.807) is 6.20 Å². The minimum Gasteiger partial charge on any atom is -0.389 e. The number of hydrogen-bond donors (Lipinski definition) is 2. The summed E-state index contributed by atoms with van der Waals surface area (Å²) in [5.74, 6) is 0.875. The van der Waals surface area contributed by atoms with Gasteiger partial charge in [-0.2, -0.15) is 0 Å². The maximum absolute atomic E-state index is 5.55. The molecule has 0 spiro atoms. The molecule has 112 valence electrons. The van der Waals surface area contributed by atoms with Gasteiger partial charge in [0.05, 0.1) is 0 Å². The summed E-state index contributed by atoms with van der Waals surface area (Å²) in [6.07, 6.45) is 4.04. The van der Waals surface area contributed by atoms with Gasteiger partial charge in [-0.15, -0.1) is 0 Å². The minimum absolute atomic E-state index is 0.385. The number of nitrogens with one attached hydrogen (secondary N) is 1. The number of nitrogens with zero attached hydrogens (tertiary/aromatic N) is 2. The highest BCUT2D eigenvalue weighted by Gasteiger charge is 2.05. The first-order valence-corrected chi connectivity index (χ1v) is 7.72. The largest absolute Gasteiger partial charge is 0.389 e. The van der Waals surface area contributed by atoms with Gasteiger partial charge >= 0.3 is 0 Å². The van der Waals surface area contributed by atoms with E-state index in [0.29, 0.717) is 11.0 Å². The van der Waals surface area contributed by atoms with Crippen molar-refractivity contribution in [2.45, 2.75) is 39.7 Å². The zero-order valence-electron chi connectivity index (χ0n) is 12.7. The number of pyridine rings is 1. The molecule has 1 heterocycles. The van der Waals surface area contributed by atoms with Crippen molar-refractivity contribution in [3.05, 3.63) is 23.9 Å². The number of rotatable bonds is 9. The number of thiocarbonyl (C=S) groups is 1. The zero-order valence-corrected chi connectivity index (χ0v) is 13.5. The fourth-order valence-electron chi connectivity index (χ4n) is 2.11. The van der Waals surface area contributed by atoms with Crippen molar-refractivity contribution in [3.63, 3.8) is 0 Å². The van der Waals surface area contributed by atoms with Crippen molar-refractivity contribution in [1.29, 1.82) is 0 Å². The molecule has 0 aliphatic carbocycles. The van der Waals surface area contributed by atoms with Crippen molar-refractivity contribution in [2.24, 2.45) is 5.73 Å². The average Bonchev–Trinajstić information content (AvgIpc) is 2.44. The van der Waals surface area contributed by atoms with Crippen molar-refractivity contribution in [2.75, 3.05) is 25.0 Å². The molecule has 4 nitrogen and oxygen atoms in total. The molecule has 1 aromatic heterocycles. The van der Waals surface area contributed by atoms with Gasteiger partial charge in [0.15, 0.2) is 0 Å². The molecular weight excluding hydrogens is 268 g/mol. The number of aromatic nitrogens is 1. The van der Waals surface area contributed by atoms with Crippen molar-refractivity contribution in [3.8, 4) is 0 Å². The van der Waals surface area contributed by atoms with Crippen LogP contribution < -0.4 is 11.1 Å². The highest BCUT2D eigenvalue weighted by molar-refractivity contribution is 7.80. The molecule has 0 amide bonds. The maximum atomic E-state index is 5.55. The minimum atomic E-state index is 0.385. The van der Waals surface area contributed by atoms with Crippen LogP contribution in [0.3, 0.4) is 0 Å². The lowest BCUT2D eigenvalue weighted by molar-refractivity contribution is 0.295. The molecule has 3 N–H and O–H groups in total. The Balaban J connectivity index is 2.34. The second-order valence-corrected chi connectivity index (χ2v) is 5.45. The standard InChI is InChI=1S/C15H26N4S/c1-4-19(5-2)10-6-7-12(3)18-14-9-8-13(11-17-14)15(16)20/h8-9,11-12H,4-7,10H2,1-3H3,(H2,16,20)(H,17,18). The Hall–Kier alpha value is -1.20. The van der Waals surface area contributed by atoms with E-state index in [-0.39, 0.29) is 0 Å². The molecule has 0 saturated heterocycles. The third-order valence-corrected chi connectivity index (χ3v) is 3.68. The average molecular weight is 294 g/mol. The fraction of sp³-hybridized carbons (Fsp3) is 0.600. The lowest BCUT2D eigenvalue weighted by atomic mass is 10.1. The quantitative estimate of drug-likeness (QED) is 0.686. The second kappa shape index (κ2) is 8.87. The van der Waals surface area contributed by atoms with Crippen LogP contribution in [0.1, 0.15) is 39.2 Å². The number of hydrogen-bond acceptors (Lipinski definition) is 4. The van der Waals surface area contributed by atoms with Gasteiger partial charge in [0.25, 0.3) is 0 Å². The number of anilines is 1. The van der Waals surface area contributed by atoms with E-state index in [4.69, 9.17) is 18.0 Å². The molecule has 5 heteroatoms. The van der Waals surface area contributed by atoms with E-state index in [2.05, 4.69) is 36.0 Å². The molecule has 1 aromatic rings. The van der Waals surface area contributed by atoms with Crippen LogP contribution in [0.2, 0.25) is 0 Å². The van der Waals surface area contributed by atoms with Crippen LogP contribution in [0.25, 0.3) is 0 Å². The van der Waals surface area contributed by atoms with Gasteiger partial charge in [0.2, 0.25) is 0 Å². The van der Waals surface area contributed by atoms with Gasteiger partial charge in [0, 0.05) is 17.8 Å². The normalized spacial score (nSPS) is 12.4. The molecule has 0 aliphatic heterocycles. The summed E-state index contributed by atoms with van der Waals surface area (Å²) in [6.45, 7) is 10.0. The Labute approximate surface area is 127 Å². The van der Waals surface area contributed by atoms with E-state index in [0.717, 1.165) is 37.4 Å². The van der Waals surface area contributed by atoms with Crippen LogP contribution in [0.15, 0.2) is 18.3 Å². The van der Waals surface area contributed by atoms with Crippen molar-refractivity contribution < 1.29 is 0 Å². The van der Waals surface area contributed by atoms with E-state index in [1.165, 1.54) is 6.42 Å². The topological polar surface area (TPSA) is 54.2 Å². The Morgan fingerprint density at radius 1 is 1.40 bits per heavy atom. The van der Waals surface area contributed by atoms with Crippen LogP contribution in [0, 0.1) is 0 Å². The van der Waals surface area contributed by atoms with Crippen molar-refractivity contribution in [1.82, 2.24) is 9.88 Å². The van der Waals surface area contributed by atoms with Crippen molar-refractivity contribution >= 4 is 23.0 Å². The number of nitrogens with two attached hydrogens (primary N) is 1. The first kappa shape index (κ1) is 16.9. The van der Waals surface area contributed by atoms with Crippen LogP contribution >= 0.6 is 12.2 Å². The molecule has 20 heavy (non-hydrogen) atoms. The molecular formula is C15H26N4S. The van der Waals surface area contributed by atoms with Crippen LogP contribution in [-0.2, 0) is 0 Å². The van der Waals surface area contributed by atoms with Gasteiger partial charge in [-0.25, -0.2) is 4.98 Å². The molecule has 1 atom stereocenters. The molecule has 0 bridgehead atoms. The first-order chi connectivity index (χ1) is 9.56. The fourth-order valence-corrected chi connectivity index (χ4v) is 2.23. The second-order valence-electron chi connectivity index (χ2n) is 5.01. The van der Waals surface area contributed by atoms with Gasteiger partial charge in [0.1, 0.15) is 10.8 Å².